The number of hydrogen-bond donors (Lipinski definition) is 1. The Kier molecular flexibility index (Phi) is 5.39. The van der Waals surface area contributed by atoms with Crippen molar-refractivity contribution in [3.8, 4) is 11.5 Å². The monoisotopic (exact) mass is 290 g/mol. The van der Waals surface area contributed by atoms with Gasteiger partial charge >= 0.3 is 0 Å². The molecule has 106 valence electrons. The molecule has 1 heterocycles. The van der Waals surface area contributed by atoms with Gasteiger partial charge in [-0.3, -0.25) is 4.98 Å². The van der Waals surface area contributed by atoms with Crippen molar-refractivity contribution in [2.75, 3.05) is 6.54 Å². The van der Waals surface area contributed by atoms with Gasteiger partial charge in [0.1, 0.15) is 11.5 Å². The summed E-state index contributed by atoms with van der Waals surface area (Å²) in [5.41, 5.74) is 1.12. The number of pyridine rings is 1. The zero-order valence-electron chi connectivity index (χ0n) is 11.8. The van der Waals surface area contributed by atoms with Crippen LogP contribution in [-0.4, -0.2) is 11.5 Å². The minimum Gasteiger partial charge on any atom is -0.455 e. The van der Waals surface area contributed by atoms with E-state index >= 15 is 0 Å². The SMILES string of the molecule is CC(C)CNCc1ccccc1Oc1cncc(Cl)c1. The third kappa shape index (κ3) is 4.51. The van der Waals surface area contributed by atoms with Gasteiger partial charge in [0.25, 0.3) is 0 Å². The third-order valence-corrected chi connectivity index (χ3v) is 2.95. The molecule has 1 N–H and O–H groups in total. The van der Waals surface area contributed by atoms with E-state index in [4.69, 9.17) is 16.3 Å². The van der Waals surface area contributed by atoms with E-state index in [1.54, 1.807) is 18.5 Å². The predicted molar refractivity (Wildman–Crippen MR) is 82.3 cm³/mol. The van der Waals surface area contributed by atoms with E-state index in [0.717, 1.165) is 24.4 Å². The van der Waals surface area contributed by atoms with Crippen LogP contribution >= 0.6 is 11.6 Å². The summed E-state index contributed by atoms with van der Waals surface area (Å²) >= 11 is 5.91. The Morgan fingerprint density at radius 1 is 1.25 bits per heavy atom. The molecule has 0 amide bonds. The molecule has 0 atom stereocenters. The molecular formula is C16H19ClN2O. The minimum atomic E-state index is 0.568. The number of nitrogens with zero attached hydrogens (tertiary/aromatic N) is 1. The van der Waals surface area contributed by atoms with Gasteiger partial charge in [-0.1, -0.05) is 43.6 Å². The van der Waals surface area contributed by atoms with Crippen molar-refractivity contribution in [2.45, 2.75) is 20.4 Å². The highest BCUT2D eigenvalue weighted by molar-refractivity contribution is 6.30. The first-order valence-corrected chi connectivity index (χ1v) is 7.10. The molecule has 4 heteroatoms. The number of rotatable bonds is 6. The molecule has 1 aromatic heterocycles. The van der Waals surface area contributed by atoms with Gasteiger partial charge in [0.2, 0.25) is 0 Å². The molecule has 3 nitrogen and oxygen atoms in total. The quantitative estimate of drug-likeness (QED) is 0.862. The minimum absolute atomic E-state index is 0.568. The zero-order valence-corrected chi connectivity index (χ0v) is 12.5. The molecule has 2 rings (SSSR count). The average Bonchev–Trinajstić information content (AvgIpc) is 2.40. The molecule has 0 spiro atoms. The van der Waals surface area contributed by atoms with E-state index in [2.05, 4.69) is 30.2 Å². The molecule has 0 aliphatic heterocycles. The number of halogens is 1. The molecule has 0 aliphatic rings. The normalized spacial score (nSPS) is 10.8. The maximum Gasteiger partial charge on any atom is 0.147 e. The Bertz CT molecular complexity index is 558. The lowest BCUT2D eigenvalue weighted by atomic mass is 10.2. The topological polar surface area (TPSA) is 34.1 Å². The van der Waals surface area contributed by atoms with Gasteiger partial charge < -0.3 is 10.1 Å². The van der Waals surface area contributed by atoms with Crippen molar-refractivity contribution in [2.24, 2.45) is 5.92 Å². The Morgan fingerprint density at radius 3 is 2.80 bits per heavy atom. The van der Waals surface area contributed by atoms with Crippen LogP contribution in [-0.2, 0) is 6.54 Å². The van der Waals surface area contributed by atoms with Crippen LogP contribution in [0.15, 0.2) is 42.7 Å². The maximum atomic E-state index is 5.91. The van der Waals surface area contributed by atoms with Crippen LogP contribution in [0.25, 0.3) is 0 Å². The molecule has 1 aromatic carbocycles. The zero-order chi connectivity index (χ0) is 14.4. The molecule has 0 saturated carbocycles. The van der Waals surface area contributed by atoms with Crippen molar-refractivity contribution >= 4 is 11.6 Å². The van der Waals surface area contributed by atoms with Crippen LogP contribution in [0.4, 0.5) is 0 Å². The highest BCUT2D eigenvalue weighted by Gasteiger charge is 2.05. The molecule has 2 aromatic rings. The second-order valence-corrected chi connectivity index (χ2v) is 5.51. The summed E-state index contributed by atoms with van der Waals surface area (Å²) in [6, 6.07) is 9.73. The van der Waals surface area contributed by atoms with Crippen molar-refractivity contribution in [1.82, 2.24) is 10.3 Å². The van der Waals surface area contributed by atoms with Crippen molar-refractivity contribution in [3.05, 3.63) is 53.3 Å². The first-order chi connectivity index (χ1) is 9.65. The van der Waals surface area contributed by atoms with Crippen LogP contribution in [0.3, 0.4) is 0 Å². The van der Waals surface area contributed by atoms with Crippen molar-refractivity contribution in [1.29, 1.82) is 0 Å². The fourth-order valence-electron chi connectivity index (χ4n) is 1.82. The number of nitrogens with one attached hydrogen (secondary N) is 1. The smallest absolute Gasteiger partial charge is 0.147 e. The second kappa shape index (κ2) is 7.27. The van der Waals surface area contributed by atoms with Crippen molar-refractivity contribution in [3.63, 3.8) is 0 Å². The Morgan fingerprint density at radius 2 is 2.05 bits per heavy atom. The molecule has 20 heavy (non-hydrogen) atoms. The Balaban J connectivity index is 2.07. The molecule has 0 unspecified atom stereocenters. The average molecular weight is 291 g/mol. The van der Waals surface area contributed by atoms with Gasteiger partial charge in [-0.25, -0.2) is 0 Å². The standard InChI is InChI=1S/C16H19ClN2O/c1-12(2)8-18-9-13-5-3-4-6-16(13)20-15-7-14(17)10-19-11-15/h3-7,10-12,18H,8-9H2,1-2H3. The molecule has 0 radical (unpaired) electrons. The second-order valence-electron chi connectivity index (χ2n) is 5.07. The van der Waals surface area contributed by atoms with E-state index in [9.17, 15) is 0 Å². The first kappa shape index (κ1) is 14.8. The third-order valence-electron chi connectivity index (χ3n) is 2.75. The Labute approximate surface area is 124 Å². The van der Waals surface area contributed by atoms with Gasteiger partial charge in [0.15, 0.2) is 0 Å². The molecule has 0 saturated heterocycles. The van der Waals surface area contributed by atoms with Gasteiger partial charge in [-0.15, -0.1) is 0 Å². The molecule has 0 bridgehead atoms. The van der Waals surface area contributed by atoms with Crippen molar-refractivity contribution < 1.29 is 4.74 Å². The van der Waals surface area contributed by atoms with Crippen LogP contribution in [0.1, 0.15) is 19.4 Å². The summed E-state index contributed by atoms with van der Waals surface area (Å²) < 4.78 is 5.86. The maximum absolute atomic E-state index is 5.91. The molecule has 0 aliphatic carbocycles. The van der Waals surface area contributed by atoms with Gasteiger partial charge in [-0.05, 0) is 18.5 Å². The van der Waals surface area contributed by atoms with Crippen LogP contribution in [0, 0.1) is 5.92 Å². The summed E-state index contributed by atoms with van der Waals surface area (Å²) in [6.07, 6.45) is 3.24. The van der Waals surface area contributed by atoms with E-state index in [1.807, 2.05) is 18.2 Å². The van der Waals surface area contributed by atoms with Crippen LogP contribution in [0.5, 0.6) is 11.5 Å². The lowest BCUT2D eigenvalue weighted by Crippen LogP contribution is -2.19. The summed E-state index contributed by atoms with van der Waals surface area (Å²) in [7, 11) is 0. The Hall–Kier alpha value is -1.58. The van der Waals surface area contributed by atoms with E-state index in [1.165, 1.54) is 0 Å². The number of hydrogen-bond acceptors (Lipinski definition) is 3. The number of benzene rings is 1. The predicted octanol–water partition coefficient (Wildman–Crippen LogP) is 4.27. The van der Waals surface area contributed by atoms with E-state index in [0.29, 0.717) is 16.7 Å². The molecule has 0 fully saturated rings. The lowest BCUT2D eigenvalue weighted by molar-refractivity contribution is 0.467. The number of aromatic nitrogens is 1. The summed E-state index contributed by atoms with van der Waals surface area (Å²) in [6.45, 7) is 6.13. The highest BCUT2D eigenvalue weighted by Crippen LogP contribution is 2.26. The van der Waals surface area contributed by atoms with Gasteiger partial charge in [-0.2, -0.15) is 0 Å². The van der Waals surface area contributed by atoms with E-state index in [-0.39, 0.29) is 0 Å². The number of ether oxygens (including phenoxy) is 1. The largest absolute Gasteiger partial charge is 0.455 e. The molecular weight excluding hydrogens is 272 g/mol. The first-order valence-electron chi connectivity index (χ1n) is 6.72. The van der Waals surface area contributed by atoms with Crippen LogP contribution < -0.4 is 10.1 Å². The summed E-state index contributed by atoms with van der Waals surface area (Å²) in [4.78, 5) is 4.02. The van der Waals surface area contributed by atoms with E-state index < -0.39 is 0 Å². The van der Waals surface area contributed by atoms with Gasteiger partial charge in [0.05, 0.1) is 11.2 Å². The van der Waals surface area contributed by atoms with Gasteiger partial charge in [0, 0.05) is 24.4 Å². The summed E-state index contributed by atoms with van der Waals surface area (Å²) in [5, 5.41) is 3.98. The van der Waals surface area contributed by atoms with Crippen LogP contribution in [0.2, 0.25) is 5.02 Å². The fraction of sp³-hybridized carbons (Fsp3) is 0.312. The summed E-state index contributed by atoms with van der Waals surface area (Å²) in [5.74, 6) is 2.10. The highest BCUT2D eigenvalue weighted by atomic mass is 35.5. The lowest BCUT2D eigenvalue weighted by Gasteiger charge is -2.12. The number of para-hydroxylation sites is 1. The fourth-order valence-corrected chi connectivity index (χ4v) is 1.98.